The Kier molecular flexibility index (Phi) is 5.08. The van der Waals surface area contributed by atoms with Gasteiger partial charge in [-0.3, -0.25) is 0 Å². The number of ether oxygens (including phenoxy) is 1. The highest BCUT2D eigenvalue weighted by atomic mass is 32.2. The molecule has 0 aliphatic heterocycles. The van der Waals surface area contributed by atoms with E-state index in [1.54, 1.807) is 31.4 Å². The van der Waals surface area contributed by atoms with Gasteiger partial charge < -0.3 is 9.30 Å². The Labute approximate surface area is 151 Å². The molecule has 0 atom stereocenters. The van der Waals surface area contributed by atoms with Crippen LogP contribution in [0.25, 0.3) is 10.2 Å². The molecule has 0 aliphatic rings. The highest BCUT2D eigenvalue weighted by molar-refractivity contribution is 7.90. The van der Waals surface area contributed by atoms with Crippen molar-refractivity contribution >= 4 is 31.6 Å². The van der Waals surface area contributed by atoms with E-state index in [9.17, 15) is 8.42 Å². The van der Waals surface area contributed by atoms with E-state index in [4.69, 9.17) is 4.74 Å². The summed E-state index contributed by atoms with van der Waals surface area (Å²) in [5.74, 6) is 0. The van der Waals surface area contributed by atoms with Gasteiger partial charge in [-0.05, 0) is 43.7 Å². The van der Waals surface area contributed by atoms with Crippen LogP contribution in [0.3, 0.4) is 0 Å². The SMILES string of the molecule is COCCn1c(=NS(=O)(=O)c2ccc(C)cc2)sc2cc(C)ccc21. The summed E-state index contributed by atoms with van der Waals surface area (Å²) in [5.41, 5.74) is 3.09. The summed E-state index contributed by atoms with van der Waals surface area (Å²) < 4.78 is 37.5. The summed E-state index contributed by atoms with van der Waals surface area (Å²) >= 11 is 1.37. The summed E-state index contributed by atoms with van der Waals surface area (Å²) in [6.07, 6.45) is 0. The van der Waals surface area contributed by atoms with Crippen LogP contribution in [0.1, 0.15) is 11.1 Å². The van der Waals surface area contributed by atoms with Crippen LogP contribution in [0.5, 0.6) is 0 Å². The van der Waals surface area contributed by atoms with Crippen molar-refractivity contribution in [1.29, 1.82) is 0 Å². The van der Waals surface area contributed by atoms with Crippen molar-refractivity contribution in [2.45, 2.75) is 25.3 Å². The summed E-state index contributed by atoms with van der Waals surface area (Å²) in [7, 11) is -2.14. The van der Waals surface area contributed by atoms with Gasteiger partial charge in [-0.1, -0.05) is 35.1 Å². The van der Waals surface area contributed by atoms with Crippen LogP contribution in [-0.2, 0) is 21.3 Å². The number of fused-ring (bicyclic) bond motifs is 1. The second-order valence-electron chi connectivity index (χ2n) is 5.88. The highest BCUT2D eigenvalue weighted by Crippen LogP contribution is 2.20. The Bertz CT molecular complexity index is 1060. The van der Waals surface area contributed by atoms with Gasteiger partial charge in [0.1, 0.15) is 0 Å². The Morgan fingerprint density at radius 1 is 1.08 bits per heavy atom. The number of nitrogens with zero attached hydrogens (tertiary/aromatic N) is 2. The van der Waals surface area contributed by atoms with Crippen molar-refractivity contribution in [3.05, 3.63) is 58.4 Å². The van der Waals surface area contributed by atoms with Gasteiger partial charge in [0, 0.05) is 13.7 Å². The van der Waals surface area contributed by atoms with Gasteiger partial charge in [-0.25, -0.2) is 0 Å². The van der Waals surface area contributed by atoms with E-state index >= 15 is 0 Å². The van der Waals surface area contributed by atoms with Crippen molar-refractivity contribution in [2.24, 2.45) is 4.40 Å². The van der Waals surface area contributed by atoms with Gasteiger partial charge in [-0.2, -0.15) is 8.42 Å². The first-order valence-electron chi connectivity index (χ1n) is 7.87. The topological polar surface area (TPSA) is 60.7 Å². The molecule has 0 amide bonds. The first-order chi connectivity index (χ1) is 11.9. The van der Waals surface area contributed by atoms with Gasteiger partial charge in [0.2, 0.25) is 4.80 Å². The number of hydrogen-bond donors (Lipinski definition) is 0. The number of benzene rings is 2. The first-order valence-corrected chi connectivity index (χ1v) is 10.1. The van der Waals surface area contributed by atoms with Crippen LogP contribution in [0, 0.1) is 13.8 Å². The minimum absolute atomic E-state index is 0.199. The van der Waals surface area contributed by atoms with E-state index in [0.717, 1.165) is 21.3 Å². The average molecular weight is 377 g/mol. The smallest absolute Gasteiger partial charge is 0.285 e. The molecule has 3 rings (SSSR count). The molecule has 3 aromatic rings. The lowest BCUT2D eigenvalue weighted by Gasteiger charge is -2.05. The molecule has 0 N–H and O–H groups in total. The standard InChI is InChI=1S/C18H20N2O3S2/c1-13-4-7-15(8-5-13)25(21,22)19-18-20(10-11-23-3)16-9-6-14(2)12-17(16)24-18/h4-9,12H,10-11H2,1-3H3. The van der Waals surface area contributed by atoms with Crippen LogP contribution < -0.4 is 4.80 Å². The number of aromatic nitrogens is 1. The maximum Gasteiger partial charge on any atom is 0.285 e. The summed E-state index contributed by atoms with van der Waals surface area (Å²) in [5, 5.41) is 0. The van der Waals surface area contributed by atoms with Crippen molar-refractivity contribution in [2.75, 3.05) is 13.7 Å². The lowest BCUT2D eigenvalue weighted by atomic mass is 10.2. The predicted octanol–water partition coefficient (Wildman–Crippen LogP) is 3.26. The summed E-state index contributed by atoms with van der Waals surface area (Å²) in [6, 6.07) is 12.8. The first kappa shape index (κ1) is 17.8. The molecule has 0 saturated heterocycles. The fourth-order valence-corrected chi connectivity index (χ4v) is 4.87. The van der Waals surface area contributed by atoms with Crippen LogP contribution >= 0.6 is 11.3 Å². The lowest BCUT2D eigenvalue weighted by molar-refractivity contribution is 0.187. The Morgan fingerprint density at radius 3 is 2.44 bits per heavy atom. The van der Waals surface area contributed by atoms with Crippen molar-refractivity contribution in [3.63, 3.8) is 0 Å². The molecule has 0 aliphatic carbocycles. The zero-order valence-corrected chi connectivity index (χ0v) is 16.0. The molecule has 1 heterocycles. The van der Waals surface area contributed by atoms with Crippen LogP contribution in [0.15, 0.2) is 51.8 Å². The van der Waals surface area contributed by atoms with E-state index in [1.165, 1.54) is 11.3 Å². The third-order valence-corrected chi connectivity index (χ3v) is 6.31. The normalized spacial score (nSPS) is 12.8. The summed E-state index contributed by atoms with van der Waals surface area (Å²) in [4.78, 5) is 0.656. The molecular formula is C18H20N2O3S2. The van der Waals surface area contributed by atoms with Crippen molar-refractivity contribution in [1.82, 2.24) is 4.57 Å². The Balaban J connectivity index is 2.18. The maximum absolute atomic E-state index is 12.7. The predicted molar refractivity (Wildman–Crippen MR) is 100 cm³/mol. The molecule has 25 heavy (non-hydrogen) atoms. The molecule has 132 valence electrons. The number of methoxy groups -OCH3 is 1. The monoisotopic (exact) mass is 376 g/mol. The Hall–Kier alpha value is -1.96. The number of thiazole rings is 1. The molecule has 0 fully saturated rings. The van der Waals surface area contributed by atoms with Crippen molar-refractivity contribution in [3.8, 4) is 0 Å². The largest absolute Gasteiger partial charge is 0.383 e. The molecule has 0 unspecified atom stereocenters. The quantitative estimate of drug-likeness (QED) is 0.687. The third-order valence-electron chi connectivity index (χ3n) is 3.87. The molecule has 5 nitrogen and oxygen atoms in total. The number of aryl methyl sites for hydroxylation is 2. The van der Waals surface area contributed by atoms with E-state index < -0.39 is 10.0 Å². The molecule has 2 aromatic carbocycles. The van der Waals surface area contributed by atoms with Gasteiger partial charge in [0.05, 0.1) is 21.7 Å². The lowest BCUT2D eigenvalue weighted by Crippen LogP contribution is -2.19. The fourth-order valence-electron chi connectivity index (χ4n) is 2.51. The minimum atomic E-state index is -3.76. The molecule has 0 bridgehead atoms. The molecule has 7 heteroatoms. The third kappa shape index (κ3) is 3.84. The van der Waals surface area contributed by atoms with Gasteiger partial charge >= 0.3 is 0 Å². The van der Waals surface area contributed by atoms with E-state index in [2.05, 4.69) is 4.40 Å². The Morgan fingerprint density at radius 2 is 1.76 bits per heavy atom. The average Bonchev–Trinajstić information content (AvgIpc) is 2.88. The second kappa shape index (κ2) is 7.11. The zero-order valence-electron chi connectivity index (χ0n) is 14.4. The molecule has 1 aromatic heterocycles. The molecule has 0 radical (unpaired) electrons. The van der Waals surface area contributed by atoms with E-state index in [-0.39, 0.29) is 4.90 Å². The van der Waals surface area contributed by atoms with E-state index in [0.29, 0.717) is 18.0 Å². The molecule has 0 spiro atoms. The van der Waals surface area contributed by atoms with Gasteiger partial charge in [0.25, 0.3) is 10.0 Å². The van der Waals surface area contributed by atoms with Crippen LogP contribution in [0.2, 0.25) is 0 Å². The second-order valence-corrected chi connectivity index (χ2v) is 8.49. The summed E-state index contributed by atoms with van der Waals surface area (Å²) in [6.45, 7) is 4.96. The van der Waals surface area contributed by atoms with Crippen LogP contribution in [-0.4, -0.2) is 26.7 Å². The number of hydrogen-bond acceptors (Lipinski definition) is 4. The number of rotatable bonds is 5. The van der Waals surface area contributed by atoms with Crippen molar-refractivity contribution < 1.29 is 13.2 Å². The highest BCUT2D eigenvalue weighted by Gasteiger charge is 2.14. The fraction of sp³-hybridized carbons (Fsp3) is 0.278. The molecular weight excluding hydrogens is 356 g/mol. The van der Waals surface area contributed by atoms with Gasteiger partial charge in [0.15, 0.2) is 0 Å². The van der Waals surface area contributed by atoms with Crippen LogP contribution in [0.4, 0.5) is 0 Å². The maximum atomic E-state index is 12.7. The molecule has 0 saturated carbocycles. The number of sulfonamides is 1. The van der Waals surface area contributed by atoms with Gasteiger partial charge in [-0.15, -0.1) is 4.40 Å². The van der Waals surface area contributed by atoms with E-state index in [1.807, 2.05) is 36.6 Å². The minimum Gasteiger partial charge on any atom is -0.383 e. The zero-order chi connectivity index (χ0) is 18.0.